The lowest BCUT2D eigenvalue weighted by atomic mass is 10.4. The third-order valence-electron chi connectivity index (χ3n) is 1.16. The Kier molecular flexibility index (Phi) is 3.92. The molecule has 0 radical (unpaired) electrons. The average Bonchev–Trinajstić information content (AvgIpc) is 1.79. The minimum atomic E-state index is -5.23. The van der Waals surface area contributed by atoms with Crippen molar-refractivity contribution in [2.75, 3.05) is 5.75 Å². The third kappa shape index (κ3) is 4.93. The molecule has 0 aromatic heterocycles. The molecule has 0 saturated carbocycles. The van der Waals surface area contributed by atoms with Crippen LogP contribution in [0.2, 0.25) is 0 Å². The van der Waals surface area contributed by atoms with Gasteiger partial charge in [0.25, 0.3) is 0 Å². The maximum atomic E-state index is 11.7. The molecule has 0 bridgehead atoms. The Morgan fingerprint density at radius 1 is 1.23 bits per heavy atom. The molecule has 80 valence electrons. The number of hydrogen-bond acceptors (Lipinski definition) is 2. The molecular weight excluding hydrogens is 252 g/mol. The van der Waals surface area contributed by atoms with Gasteiger partial charge in [0.1, 0.15) is 4.33 Å². The van der Waals surface area contributed by atoms with E-state index in [-0.39, 0.29) is 0 Å². The summed E-state index contributed by atoms with van der Waals surface area (Å²) in [6.07, 6.45) is -0.460. The van der Waals surface area contributed by atoms with Crippen LogP contribution >= 0.6 is 23.2 Å². The van der Waals surface area contributed by atoms with Gasteiger partial charge in [-0.05, 0) is 13.3 Å². The molecule has 0 heterocycles. The summed E-state index contributed by atoms with van der Waals surface area (Å²) < 4.78 is 54.7. The van der Waals surface area contributed by atoms with E-state index in [0.29, 0.717) is 0 Å². The normalized spacial score (nSPS) is 14.6. The van der Waals surface area contributed by atoms with E-state index in [1.165, 1.54) is 6.92 Å². The van der Waals surface area contributed by atoms with Crippen molar-refractivity contribution < 1.29 is 21.6 Å². The fraction of sp³-hybridized carbons (Fsp3) is 1.00. The van der Waals surface area contributed by atoms with Crippen LogP contribution in [-0.2, 0) is 9.84 Å². The Hall–Kier alpha value is 0.320. The SMILES string of the molecule is CC(Cl)(Cl)CCS(=O)(=O)C(F)(F)F. The maximum Gasteiger partial charge on any atom is 0.497 e. The van der Waals surface area contributed by atoms with Gasteiger partial charge in [-0.2, -0.15) is 13.2 Å². The van der Waals surface area contributed by atoms with Crippen LogP contribution in [0.5, 0.6) is 0 Å². The average molecular weight is 259 g/mol. The molecule has 13 heavy (non-hydrogen) atoms. The van der Waals surface area contributed by atoms with Crippen LogP contribution in [0, 0.1) is 0 Å². The fourth-order valence-corrected chi connectivity index (χ4v) is 1.75. The molecule has 0 unspecified atom stereocenters. The lowest BCUT2D eigenvalue weighted by Crippen LogP contribution is -2.28. The molecule has 0 fully saturated rings. The quantitative estimate of drug-likeness (QED) is 0.730. The van der Waals surface area contributed by atoms with Crippen LogP contribution < -0.4 is 0 Å². The molecule has 0 N–H and O–H groups in total. The standard InChI is InChI=1S/C5H7Cl2F3O2S/c1-4(6,7)2-3-13(11,12)5(8,9)10/h2-3H2,1H3. The Morgan fingerprint density at radius 2 is 1.62 bits per heavy atom. The Balaban J connectivity index is 4.40. The molecule has 0 aliphatic carbocycles. The van der Waals surface area contributed by atoms with Crippen LogP contribution in [0.3, 0.4) is 0 Å². The van der Waals surface area contributed by atoms with E-state index in [2.05, 4.69) is 0 Å². The second-order valence-corrected chi connectivity index (χ2v) is 6.55. The Bertz CT molecular complexity index is 264. The van der Waals surface area contributed by atoms with E-state index in [9.17, 15) is 21.6 Å². The highest BCUT2D eigenvalue weighted by Gasteiger charge is 2.45. The number of alkyl halides is 5. The molecule has 8 heteroatoms. The minimum Gasteiger partial charge on any atom is -0.220 e. The summed E-state index contributed by atoms with van der Waals surface area (Å²) in [7, 11) is -5.10. The van der Waals surface area contributed by atoms with Gasteiger partial charge in [0.05, 0.1) is 5.75 Å². The smallest absolute Gasteiger partial charge is 0.220 e. The zero-order valence-corrected chi connectivity index (χ0v) is 8.86. The van der Waals surface area contributed by atoms with Gasteiger partial charge in [-0.1, -0.05) is 0 Å². The molecule has 0 amide bonds. The van der Waals surface area contributed by atoms with Crippen molar-refractivity contribution in [1.29, 1.82) is 0 Å². The number of halogens is 5. The first-order valence-corrected chi connectivity index (χ1v) is 5.53. The molecule has 0 aromatic rings. The topological polar surface area (TPSA) is 34.1 Å². The van der Waals surface area contributed by atoms with Crippen LogP contribution in [0.15, 0.2) is 0 Å². The molecule has 0 aromatic carbocycles. The Morgan fingerprint density at radius 3 is 1.85 bits per heavy atom. The van der Waals surface area contributed by atoms with Gasteiger partial charge in [0.15, 0.2) is 0 Å². The summed E-state index contributed by atoms with van der Waals surface area (Å²) in [6.45, 7) is 1.22. The molecule has 0 saturated heterocycles. The van der Waals surface area contributed by atoms with E-state index >= 15 is 0 Å². The van der Waals surface area contributed by atoms with Crippen molar-refractivity contribution >= 4 is 33.0 Å². The number of rotatable bonds is 3. The summed E-state index contributed by atoms with van der Waals surface area (Å²) in [5.74, 6) is -1.10. The predicted molar refractivity (Wildman–Crippen MR) is 44.6 cm³/mol. The number of hydrogen-bond donors (Lipinski definition) is 0. The van der Waals surface area contributed by atoms with Gasteiger partial charge in [-0.25, -0.2) is 8.42 Å². The summed E-state index contributed by atoms with van der Waals surface area (Å²) in [5, 5.41) is 0. The van der Waals surface area contributed by atoms with Gasteiger partial charge in [-0.3, -0.25) is 0 Å². The van der Waals surface area contributed by atoms with Crippen molar-refractivity contribution in [3.05, 3.63) is 0 Å². The fourth-order valence-electron chi connectivity index (χ4n) is 0.429. The molecule has 0 rings (SSSR count). The maximum absolute atomic E-state index is 11.7. The van der Waals surface area contributed by atoms with Gasteiger partial charge >= 0.3 is 5.51 Å². The van der Waals surface area contributed by atoms with Crippen molar-refractivity contribution in [2.24, 2.45) is 0 Å². The molecular formula is C5H7Cl2F3O2S. The zero-order valence-electron chi connectivity index (χ0n) is 6.53. The molecule has 0 aliphatic rings. The van der Waals surface area contributed by atoms with Crippen LogP contribution in [0.25, 0.3) is 0 Å². The van der Waals surface area contributed by atoms with Crippen molar-refractivity contribution in [2.45, 2.75) is 23.2 Å². The monoisotopic (exact) mass is 258 g/mol. The third-order valence-corrected chi connectivity index (χ3v) is 2.99. The minimum absolute atomic E-state index is 0.460. The Labute approximate surface area is 83.9 Å². The van der Waals surface area contributed by atoms with E-state index in [0.717, 1.165) is 0 Å². The van der Waals surface area contributed by atoms with E-state index in [1.807, 2.05) is 0 Å². The van der Waals surface area contributed by atoms with Crippen LogP contribution in [0.4, 0.5) is 13.2 Å². The van der Waals surface area contributed by atoms with Crippen LogP contribution in [0.1, 0.15) is 13.3 Å². The molecule has 0 aliphatic heterocycles. The predicted octanol–water partition coefficient (Wildman–Crippen LogP) is 2.50. The van der Waals surface area contributed by atoms with Crippen molar-refractivity contribution in [3.63, 3.8) is 0 Å². The van der Waals surface area contributed by atoms with E-state index in [1.54, 1.807) is 0 Å². The summed E-state index contributed by atoms with van der Waals surface area (Å²) >= 11 is 10.6. The summed E-state index contributed by atoms with van der Waals surface area (Å²) in [6, 6.07) is 0. The highest BCUT2D eigenvalue weighted by Crippen LogP contribution is 2.29. The van der Waals surface area contributed by atoms with Crippen molar-refractivity contribution in [1.82, 2.24) is 0 Å². The van der Waals surface area contributed by atoms with Crippen molar-refractivity contribution in [3.8, 4) is 0 Å². The van der Waals surface area contributed by atoms with Gasteiger partial charge in [0, 0.05) is 0 Å². The highest BCUT2D eigenvalue weighted by molar-refractivity contribution is 7.92. The zero-order chi connectivity index (χ0) is 10.9. The van der Waals surface area contributed by atoms with Gasteiger partial charge in [-0.15, -0.1) is 23.2 Å². The first-order chi connectivity index (χ1) is 5.46. The molecule has 2 nitrogen and oxygen atoms in total. The van der Waals surface area contributed by atoms with E-state index < -0.39 is 31.9 Å². The van der Waals surface area contributed by atoms with Gasteiger partial charge in [0.2, 0.25) is 9.84 Å². The molecule has 0 spiro atoms. The lowest BCUT2D eigenvalue weighted by Gasteiger charge is -2.13. The molecule has 0 atom stereocenters. The largest absolute Gasteiger partial charge is 0.497 e. The lowest BCUT2D eigenvalue weighted by molar-refractivity contribution is -0.0435. The number of sulfone groups is 1. The second kappa shape index (κ2) is 3.82. The summed E-state index contributed by atoms with van der Waals surface area (Å²) in [4.78, 5) is 0. The second-order valence-electron chi connectivity index (χ2n) is 2.58. The highest BCUT2D eigenvalue weighted by atomic mass is 35.5. The first kappa shape index (κ1) is 13.3. The van der Waals surface area contributed by atoms with Gasteiger partial charge < -0.3 is 0 Å². The van der Waals surface area contributed by atoms with E-state index in [4.69, 9.17) is 23.2 Å². The first-order valence-electron chi connectivity index (χ1n) is 3.12. The van der Waals surface area contributed by atoms with Crippen LogP contribution in [-0.4, -0.2) is 24.0 Å². The summed E-state index contributed by atoms with van der Waals surface area (Å²) in [5.41, 5.74) is -5.23.